The summed E-state index contributed by atoms with van der Waals surface area (Å²) >= 11 is 0. The zero-order valence-electron chi connectivity index (χ0n) is 18.0. The first-order valence-corrected chi connectivity index (χ1v) is 10.1. The van der Waals surface area contributed by atoms with Gasteiger partial charge < -0.3 is 14.6 Å². The lowest BCUT2D eigenvalue weighted by Gasteiger charge is -2.25. The Hall–Kier alpha value is -4.06. The van der Waals surface area contributed by atoms with Gasteiger partial charge in [0.2, 0.25) is 0 Å². The first-order chi connectivity index (χ1) is 15.5. The fourth-order valence-electron chi connectivity index (χ4n) is 3.98. The Labute approximate surface area is 186 Å². The normalized spacial score (nSPS) is 17.5. The summed E-state index contributed by atoms with van der Waals surface area (Å²) in [6, 6.07) is 20.6. The van der Waals surface area contributed by atoms with Crippen molar-refractivity contribution in [2.75, 3.05) is 19.1 Å². The van der Waals surface area contributed by atoms with Gasteiger partial charge >= 0.3 is 0 Å². The lowest BCUT2D eigenvalue weighted by molar-refractivity contribution is -0.132. The number of nitrogens with zero attached hydrogens (tertiary/aromatic N) is 1. The highest BCUT2D eigenvalue weighted by molar-refractivity contribution is 6.51. The zero-order chi connectivity index (χ0) is 22.8. The molecule has 0 radical (unpaired) electrons. The lowest BCUT2D eigenvalue weighted by Crippen LogP contribution is -2.29. The lowest BCUT2D eigenvalue weighted by atomic mass is 9.94. The van der Waals surface area contributed by atoms with E-state index in [0.29, 0.717) is 22.7 Å². The quantitative estimate of drug-likeness (QED) is 0.363. The van der Waals surface area contributed by atoms with Crippen molar-refractivity contribution in [3.05, 3.63) is 95.1 Å². The van der Waals surface area contributed by atoms with Gasteiger partial charge in [-0.25, -0.2) is 0 Å². The van der Waals surface area contributed by atoms with Gasteiger partial charge in [0.1, 0.15) is 17.3 Å². The Kier molecular flexibility index (Phi) is 5.69. The van der Waals surface area contributed by atoms with Gasteiger partial charge in [-0.1, -0.05) is 48.0 Å². The number of ketones is 1. The second kappa shape index (κ2) is 8.59. The predicted octanol–water partition coefficient (Wildman–Crippen LogP) is 4.64. The van der Waals surface area contributed by atoms with Crippen molar-refractivity contribution in [2.45, 2.75) is 13.0 Å². The molecule has 0 saturated carbocycles. The molecule has 0 aliphatic carbocycles. The summed E-state index contributed by atoms with van der Waals surface area (Å²) in [5, 5.41) is 11.3. The smallest absolute Gasteiger partial charge is 0.300 e. The number of Topliss-reactive ketones (excluding diaryl/α,β-unsaturated/α-hetero) is 1. The molecule has 1 heterocycles. The minimum Gasteiger partial charge on any atom is -0.507 e. The number of hydrogen-bond acceptors (Lipinski definition) is 5. The van der Waals surface area contributed by atoms with Crippen molar-refractivity contribution < 1.29 is 24.2 Å². The molecular weight excluding hydrogens is 406 g/mol. The van der Waals surface area contributed by atoms with Gasteiger partial charge in [-0.3, -0.25) is 14.5 Å². The van der Waals surface area contributed by atoms with Crippen LogP contribution in [0.3, 0.4) is 0 Å². The summed E-state index contributed by atoms with van der Waals surface area (Å²) in [4.78, 5) is 27.8. The fourth-order valence-corrected chi connectivity index (χ4v) is 3.98. The van der Waals surface area contributed by atoms with E-state index in [-0.39, 0.29) is 11.3 Å². The average molecular weight is 429 g/mol. The summed E-state index contributed by atoms with van der Waals surface area (Å²) in [6.45, 7) is 1.94. The van der Waals surface area contributed by atoms with Gasteiger partial charge in [0.25, 0.3) is 11.7 Å². The van der Waals surface area contributed by atoms with Gasteiger partial charge in [0.05, 0.1) is 31.4 Å². The molecule has 0 bridgehead atoms. The van der Waals surface area contributed by atoms with Crippen molar-refractivity contribution in [3.8, 4) is 11.5 Å². The number of methoxy groups -OCH3 is 2. The topological polar surface area (TPSA) is 76.1 Å². The van der Waals surface area contributed by atoms with Crippen molar-refractivity contribution >= 4 is 23.1 Å². The second-order valence-corrected chi connectivity index (χ2v) is 7.48. The Morgan fingerprint density at radius 2 is 1.66 bits per heavy atom. The van der Waals surface area contributed by atoms with Gasteiger partial charge in [-0.05, 0) is 36.8 Å². The van der Waals surface area contributed by atoms with Crippen LogP contribution >= 0.6 is 0 Å². The van der Waals surface area contributed by atoms with Crippen molar-refractivity contribution in [1.82, 2.24) is 0 Å². The Morgan fingerprint density at radius 1 is 0.906 bits per heavy atom. The SMILES string of the molecule is COc1ccc(/C(O)=C2/C(=O)C(=O)N(c3ccccc3)C2c2cccc(C)c2)c(OC)c1. The van der Waals surface area contributed by atoms with E-state index < -0.39 is 17.7 Å². The number of aryl methyl sites for hydroxylation is 1. The number of aliphatic hydroxyl groups is 1. The number of aliphatic hydroxyl groups excluding tert-OH is 1. The molecule has 1 unspecified atom stereocenters. The van der Waals surface area contributed by atoms with Crippen LogP contribution in [-0.2, 0) is 9.59 Å². The molecule has 6 heteroatoms. The number of ether oxygens (including phenoxy) is 2. The Balaban J connectivity index is 1.97. The molecule has 0 spiro atoms. The summed E-state index contributed by atoms with van der Waals surface area (Å²) in [7, 11) is 2.99. The molecule has 1 atom stereocenters. The van der Waals surface area contributed by atoms with Crippen LogP contribution in [0.4, 0.5) is 5.69 Å². The highest BCUT2D eigenvalue weighted by Crippen LogP contribution is 2.43. The van der Waals surface area contributed by atoms with Gasteiger partial charge in [-0.15, -0.1) is 0 Å². The molecule has 4 rings (SSSR count). The number of rotatable bonds is 5. The van der Waals surface area contributed by atoms with Crippen molar-refractivity contribution in [3.63, 3.8) is 0 Å². The number of carbonyl (C=O) groups is 2. The first-order valence-electron chi connectivity index (χ1n) is 10.1. The van der Waals surface area contributed by atoms with Crippen LogP contribution in [0.1, 0.15) is 22.7 Å². The number of anilines is 1. The molecule has 3 aromatic carbocycles. The number of benzene rings is 3. The molecule has 1 aliphatic heterocycles. The summed E-state index contributed by atoms with van der Waals surface area (Å²) in [5.41, 5.74) is 2.58. The minimum atomic E-state index is -0.788. The van der Waals surface area contributed by atoms with E-state index in [4.69, 9.17) is 9.47 Å². The van der Waals surface area contributed by atoms with Gasteiger partial charge in [0, 0.05) is 11.8 Å². The molecule has 32 heavy (non-hydrogen) atoms. The standard InChI is InChI=1S/C26H23NO5/c1-16-8-7-9-17(14-16)23-22(24(28)20-13-12-19(31-2)15-21(20)32-3)25(29)26(30)27(23)18-10-5-4-6-11-18/h4-15,23,28H,1-3H3/b24-22-. The largest absolute Gasteiger partial charge is 0.507 e. The molecule has 0 aromatic heterocycles. The monoisotopic (exact) mass is 429 g/mol. The van der Waals surface area contributed by atoms with E-state index in [1.165, 1.54) is 19.1 Å². The summed E-state index contributed by atoms with van der Waals surface area (Å²) in [6.07, 6.45) is 0. The molecule has 1 aliphatic rings. The molecule has 3 aromatic rings. The highest BCUT2D eigenvalue weighted by atomic mass is 16.5. The third kappa shape index (κ3) is 3.60. The number of para-hydroxylation sites is 1. The second-order valence-electron chi connectivity index (χ2n) is 7.48. The maximum absolute atomic E-state index is 13.2. The predicted molar refractivity (Wildman–Crippen MR) is 122 cm³/mol. The van der Waals surface area contributed by atoms with E-state index in [1.807, 2.05) is 37.3 Å². The molecular formula is C26H23NO5. The summed E-state index contributed by atoms with van der Waals surface area (Å²) in [5.74, 6) is -0.880. The third-order valence-electron chi connectivity index (χ3n) is 5.50. The zero-order valence-corrected chi connectivity index (χ0v) is 18.0. The van der Waals surface area contributed by atoms with Crippen LogP contribution in [0.5, 0.6) is 11.5 Å². The van der Waals surface area contributed by atoms with Crippen molar-refractivity contribution in [1.29, 1.82) is 0 Å². The molecule has 6 nitrogen and oxygen atoms in total. The van der Waals surface area contributed by atoms with Crippen LogP contribution in [0, 0.1) is 6.92 Å². The van der Waals surface area contributed by atoms with Gasteiger partial charge in [-0.2, -0.15) is 0 Å². The van der Waals surface area contributed by atoms with Crippen LogP contribution in [0.25, 0.3) is 5.76 Å². The van der Waals surface area contributed by atoms with Crippen molar-refractivity contribution in [2.24, 2.45) is 0 Å². The molecule has 1 N–H and O–H groups in total. The van der Waals surface area contributed by atoms with Crippen LogP contribution in [0.15, 0.2) is 78.4 Å². The number of hydrogen-bond donors (Lipinski definition) is 1. The van der Waals surface area contributed by atoms with Crippen LogP contribution in [-0.4, -0.2) is 31.0 Å². The van der Waals surface area contributed by atoms with E-state index in [2.05, 4.69) is 0 Å². The first kappa shape index (κ1) is 21.2. The minimum absolute atomic E-state index is 0.00733. The van der Waals surface area contributed by atoms with Crippen LogP contribution < -0.4 is 14.4 Å². The number of amides is 1. The maximum Gasteiger partial charge on any atom is 0.300 e. The van der Waals surface area contributed by atoms with E-state index >= 15 is 0 Å². The van der Waals surface area contributed by atoms with Gasteiger partial charge in [0.15, 0.2) is 0 Å². The summed E-state index contributed by atoms with van der Waals surface area (Å²) < 4.78 is 10.6. The highest BCUT2D eigenvalue weighted by Gasteiger charge is 2.47. The number of carbonyl (C=O) groups excluding carboxylic acids is 2. The average Bonchev–Trinajstić information content (AvgIpc) is 3.09. The van der Waals surface area contributed by atoms with E-state index in [0.717, 1.165) is 11.1 Å². The third-order valence-corrected chi connectivity index (χ3v) is 5.50. The molecule has 162 valence electrons. The van der Waals surface area contributed by atoms with E-state index in [9.17, 15) is 14.7 Å². The van der Waals surface area contributed by atoms with E-state index in [1.54, 1.807) is 42.5 Å². The Bertz CT molecular complexity index is 1220. The fraction of sp³-hybridized carbons (Fsp3) is 0.154. The molecule has 1 amide bonds. The molecule has 1 saturated heterocycles. The maximum atomic E-state index is 13.2. The van der Waals surface area contributed by atoms with Crippen LogP contribution in [0.2, 0.25) is 0 Å². The Morgan fingerprint density at radius 3 is 2.31 bits per heavy atom. The molecule has 1 fully saturated rings.